The maximum absolute atomic E-state index is 12.0. The lowest BCUT2D eigenvalue weighted by Gasteiger charge is -2.27. The largest absolute Gasteiger partial charge is 0.543 e. The lowest BCUT2D eigenvalue weighted by Crippen LogP contribution is -2.85. The molecule has 0 saturated heterocycles. The minimum absolute atomic E-state index is 0.793. The van der Waals surface area contributed by atoms with Gasteiger partial charge in [-0.2, -0.15) is 13.2 Å². The molecule has 0 heterocycles. The molecule has 0 saturated carbocycles. The van der Waals surface area contributed by atoms with E-state index in [1.165, 1.54) is 0 Å². The minimum atomic E-state index is -4.92. The number of carboxylic acid groups (broad SMARTS) is 1. The number of hydrogen-bond donors (Lipinski definition) is 1. The van der Waals surface area contributed by atoms with E-state index in [-0.39, 0.29) is 0 Å². The third kappa shape index (κ3) is 1.76. The molecule has 0 rings (SSSR count). The molecule has 0 radical (unpaired) electrons. The topological polar surface area (TPSA) is 67.8 Å². The van der Waals surface area contributed by atoms with E-state index in [1.807, 2.05) is 0 Å². The van der Waals surface area contributed by atoms with Gasteiger partial charge in [-0.1, -0.05) is 6.08 Å². The number of halogens is 3. The van der Waals surface area contributed by atoms with Crippen LogP contribution >= 0.6 is 0 Å². The first-order valence-corrected chi connectivity index (χ1v) is 3.00. The quantitative estimate of drug-likeness (QED) is 0.561. The van der Waals surface area contributed by atoms with Gasteiger partial charge in [0, 0.05) is 6.42 Å². The molecule has 0 aromatic heterocycles. The van der Waals surface area contributed by atoms with Crippen molar-refractivity contribution in [3.05, 3.63) is 12.7 Å². The summed E-state index contributed by atoms with van der Waals surface area (Å²) in [5.74, 6) is -2.24. The van der Waals surface area contributed by atoms with Gasteiger partial charge in [-0.05, 0) is 0 Å². The van der Waals surface area contributed by atoms with Crippen LogP contribution in [0.5, 0.6) is 0 Å². The molecule has 0 aliphatic heterocycles. The smallest absolute Gasteiger partial charge is 0.450 e. The molecule has 0 aliphatic rings. The summed E-state index contributed by atoms with van der Waals surface area (Å²) in [4.78, 5) is 10.1. The monoisotopic (exact) mass is 183 g/mol. The van der Waals surface area contributed by atoms with E-state index >= 15 is 0 Å². The zero-order valence-corrected chi connectivity index (χ0v) is 6.15. The molecule has 3 nitrogen and oxygen atoms in total. The number of carbonyl (C=O) groups is 1. The Morgan fingerprint density at radius 2 is 2.00 bits per heavy atom. The van der Waals surface area contributed by atoms with Crippen LogP contribution in [0.15, 0.2) is 12.7 Å². The van der Waals surface area contributed by atoms with Crippen molar-refractivity contribution < 1.29 is 28.8 Å². The van der Waals surface area contributed by atoms with Crippen LogP contribution in [0.4, 0.5) is 13.2 Å². The number of rotatable bonds is 3. The first-order valence-electron chi connectivity index (χ1n) is 3.00. The summed E-state index contributed by atoms with van der Waals surface area (Å²) in [5.41, 5.74) is -0.503. The average molecular weight is 183 g/mol. The van der Waals surface area contributed by atoms with Crippen molar-refractivity contribution >= 4 is 5.97 Å². The second kappa shape index (κ2) is 3.14. The lowest BCUT2D eigenvalue weighted by molar-refractivity contribution is -0.538. The molecule has 0 aliphatic carbocycles. The van der Waals surface area contributed by atoms with Crippen molar-refractivity contribution in [3.63, 3.8) is 0 Å². The molecule has 70 valence electrons. The molecular formula is C6H8F3NO2. The van der Waals surface area contributed by atoms with Gasteiger partial charge in [-0.25, -0.2) is 0 Å². The van der Waals surface area contributed by atoms with Crippen LogP contribution in [-0.2, 0) is 4.79 Å². The Balaban J connectivity index is 4.86. The van der Waals surface area contributed by atoms with Gasteiger partial charge < -0.3 is 15.6 Å². The molecule has 0 unspecified atom stereocenters. The first kappa shape index (κ1) is 11.0. The molecule has 1 atom stereocenters. The third-order valence-electron chi connectivity index (χ3n) is 1.43. The van der Waals surface area contributed by atoms with Gasteiger partial charge in [0.15, 0.2) is 0 Å². The second-order valence-corrected chi connectivity index (χ2v) is 2.36. The number of aliphatic carboxylic acids is 1. The zero-order chi connectivity index (χ0) is 9.99. The predicted octanol–water partition coefficient (Wildman–Crippen LogP) is -1.14. The summed E-state index contributed by atoms with van der Waals surface area (Å²) in [6, 6.07) is 0. The second-order valence-electron chi connectivity index (χ2n) is 2.36. The van der Waals surface area contributed by atoms with E-state index in [0.29, 0.717) is 0 Å². The summed E-state index contributed by atoms with van der Waals surface area (Å²) in [6.45, 7) is 3.01. The van der Waals surface area contributed by atoms with Crippen LogP contribution in [0.3, 0.4) is 0 Å². The van der Waals surface area contributed by atoms with Gasteiger partial charge in [0.1, 0.15) is 5.97 Å². The van der Waals surface area contributed by atoms with Crippen LogP contribution in [0, 0.1) is 0 Å². The highest BCUT2D eigenvalue weighted by atomic mass is 19.4. The van der Waals surface area contributed by atoms with E-state index in [4.69, 9.17) is 0 Å². The molecule has 0 aromatic rings. The maximum Gasteiger partial charge on any atom is 0.450 e. The van der Waals surface area contributed by atoms with Crippen molar-refractivity contribution in [1.29, 1.82) is 0 Å². The number of quaternary nitrogens is 1. The van der Waals surface area contributed by atoms with Gasteiger partial charge in [0.2, 0.25) is 5.54 Å². The number of carbonyl (C=O) groups excluding carboxylic acids is 1. The molecule has 0 bridgehead atoms. The molecule has 0 amide bonds. The summed E-state index contributed by atoms with van der Waals surface area (Å²) >= 11 is 0. The van der Waals surface area contributed by atoms with E-state index in [0.717, 1.165) is 6.08 Å². The van der Waals surface area contributed by atoms with Crippen LogP contribution < -0.4 is 10.8 Å². The van der Waals surface area contributed by atoms with Crippen LogP contribution in [-0.4, -0.2) is 17.7 Å². The Morgan fingerprint density at radius 1 is 1.58 bits per heavy atom. The Kier molecular flexibility index (Phi) is 2.87. The average Bonchev–Trinajstić information content (AvgIpc) is 1.85. The van der Waals surface area contributed by atoms with Gasteiger partial charge >= 0.3 is 6.18 Å². The van der Waals surface area contributed by atoms with Crippen molar-refractivity contribution in [1.82, 2.24) is 0 Å². The molecule has 6 heteroatoms. The van der Waals surface area contributed by atoms with Crippen molar-refractivity contribution in [2.45, 2.75) is 18.1 Å². The molecule has 12 heavy (non-hydrogen) atoms. The SMILES string of the molecule is C=CC[C@]([NH3+])(C(=O)[O-])C(F)(F)F. The van der Waals surface area contributed by atoms with E-state index in [2.05, 4.69) is 12.3 Å². The van der Waals surface area contributed by atoms with Crippen LogP contribution in [0.1, 0.15) is 6.42 Å². The molecule has 0 fully saturated rings. The van der Waals surface area contributed by atoms with Gasteiger partial charge in [-0.3, -0.25) is 0 Å². The summed E-state index contributed by atoms with van der Waals surface area (Å²) < 4.78 is 36.0. The summed E-state index contributed by atoms with van der Waals surface area (Å²) in [5, 5.41) is 10.1. The van der Waals surface area contributed by atoms with Crippen molar-refractivity contribution in [2.24, 2.45) is 0 Å². The summed E-state index contributed by atoms with van der Waals surface area (Å²) in [7, 11) is 0. The van der Waals surface area contributed by atoms with Crippen LogP contribution in [0.2, 0.25) is 0 Å². The van der Waals surface area contributed by atoms with Crippen molar-refractivity contribution in [3.8, 4) is 0 Å². The fourth-order valence-corrected chi connectivity index (χ4v) is 0.561. The minimum Gasteiger partial charge on any atom is -0.543 e. The summed E-state index contributed by atoms with van der Waals surface area (Å²) in [6.07, 6.45) is -4.87. The first-order chi connectivity index (χ1) is 5.25. The Bertz CT molecular complexity index is 201. The zero-order valence-electron chi connectivity index (χ0n) is 6.15. The van der Waals surface area contributed by atoms with E-state index < -0.39 is 24.1 Å². The standard InChI is InChI=1S/C6H8F3NO2/c1-2-3-5(10,4(11)12)6(7,8)9/h2H,1,3,10H2,(H,11,12)/t5-/m0/s1. The molecule has 0 spiro atoms. The Hall–Kier alpha value is -1.04. The van der Waals surface area contributed by atoms with Gasteiger partial charge in [-0.15, -0.1) is 6.58 Å². The maximum atomic E-state index is 12.0. The lowest BCUT2D eigenvalue weighted by atomic mass is 9.96. The normalized spacial score (nSPS) is 16.7. The van der Waals surface area contributed by atoms with Crippen molar-refractivity contribution in [2.75, 3.05) is 0 Å². The highest BCUT2D eigenvalue weighted by Gasteiger charge is 2.56. The number of carboxylic acids is 1. The molecule has 3 N–H and O–H groups in total. The number of hydrogen-bond acceptors (Lipinski definition) is 2. The Morgan fingerprint density at radius 3 is 2.08 bits per heavy atom. The van der Waals surface area contributed by atoms with Gasteiger partial charge in [0.25, 0.3) is 0 Å². The van der Waals surface area contributed by atoms with E-state index in [1.54, 1.807) is 0 Å². The number of alkyl halides is 3. The molecular weight excluding hydrogens is 175 g/mol. The predicted molar refractivity (Wildman–Crippen MR) is 31.5 cm³/mol. The van der Waals surface area contributed by atoms with Crippen LogP contribution in [0.25, 0.3) is 0 Å². The third-order valence-corrected chi connectivity index (χ3v) is 1.43. The Labute approximate surface area is 66.7 Å². The highest BCUT2D eigenvalue weighted by Crippen LogP contribution is 2.29. The molecule has 0 aromatic carbocycles. The van der Waals surface area contributed by atoms with Gasteiger partial charge in [0.05, 0.1) is 0 Å². The van der Waals surface area contributed by atoms with E-state index in [9.17, 15) is 23.1 Å². The fourth-order valence-electron chi connectivity index (χ4n) is 0.561. The highest BCUT2D eigenvalue weighted by molar-refractivity contribution is 5.75. The fraction of sp³-hybridized carbons (Fsp3) is 0.500.